The van der Waals surface area contributed by atoms with Gasteiger partial charge in [-0.05, 0) is 25.3 Å². The van der Waals surface area contributed by atoms with E-state index in [0.29, 0.717) is 19.0 Å². The van der Waals surface area contributed by atoms with Crippen molar-refractivity contribution in [3.63, 3.8) is 0 Å². The first-order valence-electron chi connectivity index (χ1n) is 9.19. The quantitative estimate of drug-likeness (QED) is 0.649. The molecule has 0 aromatic heterocycles. The zero-order chi connectivity index (χ0) is 16.7. The third kappa shape index (κ3) is 6.28. The summed E-state index contributed by atoms with van der Waals surface area (Å²) >= 11 is 0. The van der Waals surface area contributed by atoms with Crippen LogP contribution in [0.2, 0.25) is 0 Å². The van der Waals surface area contributed by atoms with Crippen LogP contribution in [-0.4, -0.2) is 78.9 Å². The molecule has 2 amide bonds. The van der Waals surface area contributed by atoms with Gasteiger partial charge in [-0.2, -0.15) is 0 Å². The lowest BCUT2D eigenvalue weighted by Gasteiger charge is -2.35. The van der Waals surface area contributed by atoms with Gasteiger partial charge in [-0.15, -0.1) is 0 Å². The van der Waals surface area contributed by atoms with E-state index in [1.807, 2.05) is 0 Å². The van der Waals surface area contributed by atoms with E-state index >= 15 is 0 Å². The first kappa shape index (κ1) is 18.5. The van der Waals surface area contributed by atoms with E-state index in [9.17, 15) is 9.90 Å². The Balaban J connectivity index is 1.56. The molecule has 3 N–H and O–H groups in total. The highest BCUT2D eigenvalue weighted by atomic mass is 16.3. The summed E-state index contributed by atoms with van der Waals surface area (Å²) in [7, 11) is 0. The van der Waals surface area contributed by atoms with Crippen LogP contribution in [0.1, 0.15) is 39.5 Å². The second-order valence-electron chi connectivity index (χ2n) is 7.34. The predicted molar refractivity (Wildman–Crippen MR) is 92.5 cm³/mol. The third-order valence-corrected chi connectivity index (χ3v) is 5.21. The maximum atomic E-state index is 11.9. The van der Waals surface area contributed by atoms with E-state index in [1.54, 1.807) is 0 Å². The second kappa shape index (κ2) is 8.85. The molecule has 6 nitrogen and oxygen atoms in total. The third-order valence-electron chi connectivity index (χ3n) is 5.21. The Labute approximate surface area is 140 Å². The number of nitrogens with one attached hydrogen (secondary N) is 2. The van der Waals surface area contributed by atoms with E-state index in [1.165, 1.54) is 0 Å². The van der Waals surface area contributed by atoms with Gasteiger partial charge < -0.3 is 25.5 Å². The number of nitrogens with zero attached hydrogens (tertiary/aromatic N) is 2. The summed E-state index contributed by atoms with van der Waals surface area (Å²) in [5, 5.41) is 16.0. The van der Waals surface area contributed by atoms with Crippen molar-refractivity contribution < 1.29 is 9.90 Å². The molecule has 1 unspecified atom stereocenters. The highest BCUT2D eigenvalue weighted by Crippen LogP contribution is 2.28. The van der Waals surface area contributed by atoms with Crippen molar-refractivity contribution in [1.82, 2.24) is 20.4 Å². The Bertz CT molecular complexity index is 364. The van der Waals surface area contributed by atoms with Crippen molar-refractivity contribution in [2.45, 2.75) is 45.1 Å². The Kier molecular flexibility index (Phi) is 7.11. The van der Waals surface area contributed by atoms with E-state index in [0.717, 1.165) is 65.0 Å². The smallest absolute Gasteiger partial charge is 0.314 e. The van der Waals surface area contributed by atoms with Gasteiger partial charge in [0, 0.05) is 45.8 Å². The summed E-state index contributed by atoms with van der Waals surface area (Å²) in [6, 6.07) is -0.159. The van der Waals surface area contributed by atoms with Crippen LogP contribution in [0.4, 0.5) is 4.79 Å². The van der Waals surface area contributed by atoms with Gasteiger partial charge in [0.05, 0.1) is 5.60 Å². The van der Waals surface area contributed by atoms with Crippen molar-refractivity contribution in [3.05, 3.63) is 0 Å². The van der Waals surface area contributed by atoms with Gasteiger partial charge in [0.15, 0.2) is 0 Å². The van der Waals surface area contributed by atoms with Crippen molar-refractivity contribution >= 4 is 6.03 Å². The summed E-state index contributed by atoms with van der Waals surface area (Å²) in [4.78, 5) is 16.8. The lowest BCUT2D eigenvalue weighted by atomic mass is 10.0. The van der Waals surface area contributed by atoms with Crippen molar-refractivity contribution in [2.75, 3.05) is 52.4 Å². The molecule has 23 heavy (non-hydrogen) atoms. The molecule has 2 fully saturated rings. The standard InChI is InChI=1S/C17H34N4O2/c1-3-20-8-10-21(11-9-20)13-15(2)12-18-16(22)19-14-17(23)6-4-5-7-17/h15,23H,3-14H2,1-2H3,(H2,18,19,22). The average molecular weight is 326 g/mol. The Hall–Kier alpha value is -0.850. The number of carbonyl (C=O) groups is 1. The van der Waals surface area contributed by atoms with Crippen LogP contribution in [0.25, 0.3) is 0 Å². The Morgan fingerprint density at radius 1 is 1.13 bits per heavy atom. The number of rotatable bonds is 7. The number of likely N-dealkylation sites (N-methyl/N-ethyl adjacent to an activating group) is 1. The van der Waals surface area contributed by atoms with Crippen LogP contribution in [0.5, 0.6) is 0 Å². The molecule has 2 aliphatic rings. The van der Waals surface area contributed by atoms with E-state index in [4.69, 9.17) is 0 Å². The van der Waals surface area contributed by atoms with Gasteiger partial charge in [-0.3, -0.25) is 0 Å². The summed E-state index contributed by atoms with van der Waals surface area (Å²) < 4.78 is 0. The largest absolute Gasteiger partial charge is 0.388 e. The highest BCUT2D eigenvalue weighted by molar-refractivity contribution is 5.73. The van der Waals surface area contributed by atoms with Gasteiger partial charge in [0.25, 0.3) is 0 Å². The van der Waals surface area contributed by atoms with Crippen molar-refractivity contribution in [3.8, 4) is 0 Å². The maximum Gasteiger partial charge on any atom is 0.314 e. The molecule has 1 aliphatic carbocycles. The molecular weight excluding hydrogens is 292 g/mol. The second-order valence-corrected chi connectivity index (χ2v) is 7.34. The minimum atomic E-state index is -0.679. The number of aliphatic hydroxyl groups is 1. The van der Waals surface area contributed by atoms with Crippen LogP contribution in [0.3, 0.4) is 0 Å². The highest BCUT2D eigenvalue weighted by Gasteiger charge is 2.31. The normalized spacial score (nSPS) is 23.6. The molecule has 1 saturated carbocycles. The zero-order valence-electron chi connectivity index (χ0n) is 14.8. The molecule has 1 aliphatic heterocycles. The summed E-state index contributed by atoms with van der Waals surface area (Å²) in [5.41, 5.74) is -0.679. The van der Waals surface area contributed by atoms with Crippen LogP contribution in [0, 0.1) is 5.92 Å². The number of hydrogen-bond acceptors (Lipinski definition) is 4. The first-order chi connectivity index (χ1) is 11.0. The van der Waals surface area contributed by atoms with Gasteiger partial charge in [0.1, 0.15) is 0 Å². The zero-order valence-corrected chi connectivity index (χ0v) is 14.8. The molecule has 134 valence electrons. The van der Waals surface area contributed by atoms with Gasteiger partial charge >= 0.3 is 6.03 Å². The SMILES string of the molecule is CCN1CCN(CC(C)CNC(=O)NCC2(O)CCCC2)CC1. The number of urea groups is 1. The van der Waals surface area contributed by atoms with Crippen LogP contribution in [-0.2, 0) is 0 Å². The average Bonchev–Trinajstić information content (AvgIpc) is 2.99. The van der Waals surface area contributed by atoms with E-state index in [2.05, 4.69) is 34.3 Å². The van der Waals surface area contributed by atoms with Crippen LogP contribution in [0.15, 0.2) is 0 Å². The predicted octanol–water partition coefficient (Wildman–Crippen LogP) is 0.864. The molecule has 2 rings (SSSR count). The summed E-state index contributed by atoms with van der Waals surface area (Å²) in [6.45, 7) is 12.1. The lowest BCUT2D eigenvalue weighted by molar-refractivity contribution is 0.0500. The van der Waals surface area contributed by atoms with Crippen molar-refractivity contribution in [1.29, 1.82) is 0 Å². The molecule has 1 saturated heterocycles. The minimum Gasteiger partial charge on any atom is -0.388 e. The van der Waals surface area contributed by atoms with E-state index < -0.39 is 5.60 Å². The topological polar surface area (TPSA) is 67.8 Å². The molecule has 0 radical (unpaired) electrons. The molecule has 0 spiro atoms. The minimum absolute atomic E-state index is 0.159. The molecule has 1 heterocycles. The van der Waals surface area contributed by atoms with Crippen molar-refractivity contribution in [2.24, 2.45) is 5.92 Å². The molecule has 0 aromatic rings. The maximum absolute atomic E-state index is 11.9. The van der Waals surface area contributed by atoms with Crippen LogP contribution >= 0.6 is 0 Å². The van der Waals surface area contributed by atoms with Gasteiger partial charge in [-0.1, -0.05) is 26.7 Å². The number of carbonyl (C=O) groups excluding carboxylic acids is 1. The monoisotopic (exact) mass is 326 g/mol. The molecular formula is C17H34N4O2. The Morgan fingerprint density at radius 3 is 2.35 bits per heavy atom. The van der Waals surface area contributed by atoms with E-state index in [-0.39, 0.29) is 6.03 Å². The molecule has 1 atom stereocenters. The fourth-order valence-corrected chi connectivity index (χ4v) is 3.58. The van der Waals surface area contributed by atoms with Crippen LogP contribution < -0.4 is 10.6 Å². The van der Waals surface area contributed by atoms with Gasteiger partial charge in [0.2, 0.25) is 0 Å². The number of piperazine rings is 1. The summed E-state index contributed by atoms with van der Waals surface area (Å²) in [6.07, 6.45) is 3.71. The summed E-state index contributed by atoms with van der Waals surface area (Å²) in [5.74, 6) is 0.434. The molecule has 0 bridgehead atoms. The fraction of sp³-hybridized carbons (Fsp3) is 0.941. The first-order valence-corrected chi connectivity index (χ1v) is 9.19. The Morgan fingerprint density at radius 2 is 1.74 bits per heavy atom. The molecule has 0 aromatic carbocycles. The lowest BCUT2D eigenvalue weighted by Crippen LogP contribution is -2.49. The number of amides is 2. The number of hydrogen-bond donors (Lipinski definition) is 3. The fourth-order valence-electron chi connectivity index (χ4n) is 3.58. The van der Waals surface area contributed by atoms with Gasteiger partial charge in [-0.25, -0.2) is 4.79 Å². The molecule has 6 heteroatoms.